The van der Waals surface area contributed by atoms with E-state index in [-0.39, 0.29) is 0 Å². The molecule has 0 amide bonds. The van der Waals surface area contributed by atoms with Crippen molar-refractivity contribution in [1.29, 1.82) is 0 Å². The molecule has 3 heteroatoms. The van der Waals surface area contributed by atoms with E-state index in [1.54, 1.807) is 10.4 Å². The van der Waals surface area contributed by atoms with E-state index < -0.39 is 0 Å². The molecule has 1 nitrogen and oxygen atoms in total. The molecule has 2 heterocycles. The largest absolute Gasteiger partial charge is 0.296 e. The Morgan fingerprint density at radius 3 is 3.00 bits per heavy atom. The molecule has 0 radical (unpaired) electrons. The predicted octanol–water partition coefficient (Wildman–Crippen LogP) is 4.47. The number of hydrogen-bond acceptors (Lipinski definition) is 2. The van der Waals surface area contributed by atoms with Crippen LogP contribution in [0.15, 0.2) is 11.4 Å². The van der Waals surface area contributed by atoms with Gasteiger partial charge in [0.05, 0.1) is 0 Å². The van der Waals surface area contributed by atoms with E-state index in [2.05, 4.69) is 23.3 Å². The lowest BCUT2D eigenvalue weighted by Crippen LogP contribution is -2.33. The summed E-state index contributed by atoms with van der Waals surface area (Å²) in [6.45, 7) is 4.84. The van der Waals surface area contributed by atoms with Crippen LogP contribution in [0, 0.1) is 0 Å². The van der Waals surface area contributed by atoms with Crippen LogP contribution in [0.2, 0.25) is 0 Å². The molecule has 0 N–H and O–H groups in total. The third kappa shape index (κ3) is 3.46. The van der Waals surface area contributed by atoms with Crippen molar-refractivity contribution in [2.24, 2.45) is 0 Å². The molecule has 0 fully saturated rings. The molecule has 0 spiro atoms. The summed E-state index contributed by atoms with van der Waals surface area (Å²) in [5.41, 5.74) is 1.57. The van der Waals surface area contributed by atoms with Crippen molar-refractivity contribution in [3.63, 3.8) is 0 Å². The summed E-state index contributed by atoms with van der Waals surface area (Å²) >= 11 is 7.61. The molecule has 1 atom stereocenters. The van der Waals surface area contributed by atoms with Gasteiger partial charge in [-0.15, -0.1) is 22.9 Å². The van der Waals surface area contributed by atoms with Gasteiger partial charge in [-0.3, -0.25) is 4.90 Å². The normalized spacial score (nSPS) is 20.5. The van der Waals surface area contributed by atoms with Crippen LogP contribution in [0.1, 0.15) is 49.1 Å². The minimum absolute atomic E-state index is 0.623. The van der Waals surface area contributed by atoms with Crippen molar-refractivity contribution in [2.45, 2.75) is 45.1 Å². The first kappa shape index (κ1) is 13.4. The van der Waals surface area contributed by atoms with Crippen LogP contribution in [0.3, 0.4) is 0 Å². The van der Waals surface area contributed by atoms with Crippen molar-refractivity contribution in [2.75, 3.05) is 19.0 Å². The third-order valence-electron chi connectivity index (χ3n) is 3.73. The van der Waals surface area contributed by atoms with E-state index in [9.17, 15) is 0 Å². The monoisotopic (exact) mass is 271 g/mol. The molecule has 1 unspecified atom stereocenters. The highest BCUT2D eigenvalue weighted by molar-refractivity contribution is 7.10. The zero-order valence-corrected chi connectivity index (χ0v) is 12.2. The highest BCUT2D eigenvalue weighted by atomic mass is 35.5. The second kappa shape index (κ2) is 6.77. The van der Waals surface area contributed by atoms with Crippen molar-refractivity contribution < 1.29 is 0 Å². The number of nitrogens with zero attached hydrogens (tertiary/aromatic N) is 1. The van der Waals surface area contributed by atoms with E-state index in [1.807, 2.05) is 11.3 Å². The molecular formula is C14H22ClNS. The van der Waals surface area contributed by atoms with Crippen molar-refractivity contribution in [3.8, 4) is 0 Å². The maximum absolute atomic E-state index is 5.69. The number of rotatable bonds is 6. The molecule has 1 aromatic heterocycles. The Kier molecular flexibility index (Phi) is 5.33. The van der Waals surface area contributed by atoms with Crippen LogP contribution in [0.25, 0.3) is 0 Å². The molecule has 0 bridgehead atoms. The highest BCUT2D eigenvalue weighted by Crippen LogP contribution is 2.32. The summed E-state index contributed by atoms with van der Waals surface area (Å²) in [4.78, 5) is 4.24. The molecule has 96 valence electrons. The van der Waals surface area contributed by atoms with Crippen LogP contribution in [-0.2, 0) is 6.42 Å². The summed E-state index contributed by atoms with van der Waals surface area (Å²) in [7, 11) is 0. The average Bonchev–Trinajstić information content (AvgIpc) is 2.80. The van der Waals surface area contributed by atoms with Gasteiger partial charge in [0, 0.05) is 23.3 Å². The molecule has 1 aliphatic heterocycles. The quantitative estimate of drug-likeness (QED) is 0.545. The van der Waals surface area contributed by atoms with Gasteiger partial charge in [0.2, 0.25) is 0 Å². The SMILES string of the molecule is CC1c2ccsc2CCN1CCCCCCCl. The van der Waals surface area contributed by atoms with Gasteiger partial charge >= 0.3 is 0 Å². The number of halogens is 1. The van der Waals surface area contributed by atoms with Crippen LogP contribution in [-0.4, -0.2) is 23.9 Å². The molecule has 2 rings (SSSR count). The molecule has 0 aromatic carbocycles. The Hall–Kier alpha value is -0.0500. The fraction of sp³-hybridized carbons (Fsp3) is 0.714. The number of alkyl halides is 1. The predicted molar refractivity (Wildman–Crippen MR) is 77.2 cm³/mol. The number of thiophene rings is 1. The summed E-state index contributed by atoms with van der Waals surface area (Å²) in [6, 6.07) is 2.93. The second-order valence-corrected chi connectivity index (χ2v) is 6.24. The Labute approximate surface area is 114 Å². The molecule has 1 aliphatic rings. The van der Waals surface area contributed by atoms with Gasteiger partial charge < -0.3 is 0 Å². The van der Waals surface area contributed by atoms with E-state index in [0.717, 1.165) is 5.88 Å². The molecular weight excluding hydrogens is 250 g/mol. The van der Waals surface area contributed by atoms with Gasteiger partial charge in [-0.05, 0) is 49.7 Å². The maximum atomic E-state index is 5.69. The Morgan fingerprint density at radius 2 is 2.18 bits per heavy atom. The van der Waals surface area contributed by atoms with Crippen LogP contribution < -0.4 is 0 Å². The van der Waals surface area contributed by atoms with E-state index in [1.165, 1.54) is 45.2 Å². The first-order valence-electron chi connectivity index (χ1n) is 6.69. The van der Waals surface area contributed by atoms with E-state index >= 15 is 0 Å². The number of hydrogen-bond donors (Lipinski definition) is 0. The third-order valence-corrected chi connectivity index (χ3v) is 5.00. The summed E-state index contributed by atoms with van der Waals surface area (Å²) in [6.07, 6.45) is 6.35. The van der Waals surface area contributed by atoms with Gasteiger partial charge in [0.1, 0.15) is 0 Å². The molecule has 0 aliphatic carbocycles. The standard InChI is InChI=1S/C14H22ClNS/c1-12-13-7-11-17-14(13)6-10-16(12)9-5-3-2-4-8-15/h7,11-12H,2-6,8-10H2,1H3. The van der Waals surface area contributed by atoms with Gasteiger partial charge in [-0.1, -0.05) is 12.8 Å². The second-order valence-electron chi connectivity index (χ2n) is 4.86. The topological polar surface area (TPSA) is 3.24 Å². The first-order valence-corrected chi connectivity index (χ1v) is 8.10. The summed E-state index contributed by atoms with van der Waals surface area (Å²) in [5.74, 6) is 0.818. The Balaban J connectivity index is 1.76. The van der Waals surface area contributed by atoms with Gasteiger partial charge in [0.25, 0.3) is 0 Å². The number of unbranched alkanes of at least 4 members (excludes halogenated alkanes) is 3. The maximum Gasteiger partial charge on any atom is 0.0331 e. The molecule has 0 saturated carbocycles. The van der Waals surface area contributed by atoms with Crippen LogP contribution in [0.4, 0.5) is 0 Å². The minimum atomic E-state index is 0.623. The van der Waals surface area contributed by atoms with Crippen LogP contribution in [0.5, 0.6) is 0 Å². The lowest BCUT2D eigenvalue weighted by molar-refractivity contribution is 0.196. The average molecular weight is 272 g/mol. The fourth-order valence-corrected chi connectivity index (χ4v) is 3.78. The zero-order valence-electron chi connectivity index (χ0n) is 10.6. The first-order chi connectivity index (χ1) is 8.33. The lowest BCUT2D eigenvalue weighted by Gasteiger charge is -2.33. The van der Waals surface area contributed by atoms with Crippen molar-refractivity contribution >= 4 is 22.9 Å². The zero-order chi connectivity index (χ0) is 12.1. The van der Waals surface area contributed by atoms with Crippen molar-refractivity contribution in [3.05, 3.63) is 21.9 Å². The highest BCUT2D eigenvalue weighted by Gasteiger charge is 2.23. The minimum Gasteiger partial charge on any atom is -0.296 e. The summed E-state index contributed by atoms with van der Waals surface area (Å²) in [5, 5.41) is 2.24. The molecule has 17 heavy (non-hydrogen) atoms. The van der Waals surface area contributed by atoms with Gasteiger partial charge in [-0.25, -0.2) is 0 Å². The summed E-state index contributed by atoms with van der Waals surface area (Å²) < 4.78 is 0. The van der Waals surface area contributed by atoms with E-state index in [0.29, 0.717) is 6.04 Å². The van der Waals surface area contributed by atoms with Gasteiger partial charge in [0.15, 0.2) is 0 Å². The Morgan fingerprint density at radius 1 is 1.35 bits per heavy atom. The van der Waals surface area contributed by atoms with E-state index in [4.69, 9.17) is 11.6 Å². The fourth-order valence-electron chi connectivity index (χ4n) is 2.63. The lowest BCUT2D eigenvalue weighted by atomic mass is 10.0. The molecule has 1 aromatic rings. The van der Waals surface area contributed by atoms with Crippen molar-refractivity contribution in [1.82, 2.24) is 4.90 Å². The van der Waals surface area contributed by atoms with Crippen LogP contribution >= 0.6 is 22.9 Å². The molecule has 0 saturated heterocycles. The Bertz CT molecular complexity index is 337. The number of fused-ring (bicyclic) bond motifs is 1. The van der Waals surface area contributed by atoms with Gasteiger partial charge in [-0.2, -0.15) is 0 Å². The smallest absolute Gasteiger partial charge is 0.0331 e.